The van der Waals surface area contributed by atoms with Crippen LogP contribution >= 0.6 is 0 Å². The van der Waals surface area contributed by atoms with E-state index >= 15 is 0 Å². The van der Waals surface area contributed by atoms with Crippen molar-refractivity contribution in [2.24, 2.45) is 0 Å². The Labute approximate surface area is 58.6 Å². The molecule has 2 heterocycles. The topological polar surface area (TPSA) is 51.0 Å². The first kappa shape index (κ1) is 5.85. The fourth-order valence-electron chi connectivity index (χ4n) is 1.23. The molecule has 0 radical (unpaired) electrons. The van der Waals surface area contributed by atoms with Crippen LogP contribution in [0, 0.1) is 0 Å². The number of nitrogens with one attached hydrogen (secondary N) is 1. The van der Waals surface area contributed by atoms with E-state index in [-0.39, 0.29) is 0 Å². The highest BCUT2D eigenvalue weighted by Gasteiger charge is 2.19. The lowest BCUT2D eigenvalue weighted by molar-refractivity contribution is 0.405. The van der Waals surface area contributed by atoms with Gasteiger partial charge in [0, 0.05) is 12.5 Å². The number of hydrogen-bond donors (Lipinski definition) is 1. The van der Waals surface area contributed by atoms with E-state index in [4.69, 9.17) is 0 Å². The summed E-state index contributed by atoms with van der Waals surface area (Å²) in [7, 11) is 0. The molecule has 54 valence electrons. The maximum absolute atomic E-state index is 4.64. The molecular formula is C6H9N3O. The Bertz CT molecular complexity index is 191. The van der Waals surface area contributed by atoms with Gasteiger partial charge in [0.2, 0.25) is 6.39 Å². The lowest BCUT2D eigenvalue weighted by atomic mass is 10.1. The van der Waals surface area contributed by atoms with Crippen molar-refractivity contribution >= 4 is 0 Å². The Balaban J connectivity index is 2.12. The summed E-state index contributed by atoms with van der Waals surface area (Å²) in [5.74, 6) is 1.31. The molecule has 0 saturated carbocycles. The molecule has 1 saturated heterocycles. The summed E-state index contributed by atoms with van der Waals surface area (Å²) in [5.41, 5.74) is 0. The molecule has 2 rings (SSSR count). The fourth-order valence-corrected chi connectivity index (χ4v) is 1.23. The zero-order valence-corrected chi connectivity index (χ0v) is 5.58. The number of hydrogen-bond acceptors (Lipinski definition) is 4. The predicted octanol–water partition coefficient (Wildman–Crippen LogP) is 0.146. The second-order valence-corrected chi connectivity index (χ2v) is 2.48. The third-order valence-corrected chi connectivity index (χ3v) is 1.80. The number of aromatic nitrogens is 2. The molecule has 4 nitrogen and oxygen atoms in total. The maximum atomic E-state index is 4.64. The van der Waals surface area contributed by atoms with Crippen LogP contribution in [-0.4, -0.2) is 23.2 Å². The van der Waals surface area contributed by atoms with Crippen molar-refractivity contribution in [3.63, 3.8) is 0 Å². The zero-order valence-electron chi connectivity index (χ0n) is 5.58. The molecule has 4 heteroatoms. The first-order valence-corrected chi connectivity index (χ1v) is 3.44. The average Bonchev–Trinajstić information content (AvgIpc) is 2.59. The van der Waals surface area contributed by atoms with Crippen molar-refractivity contribution in [1.29, 1.82) is 0 Å². The van der Waals surface area contributed by atoms with Crippen molar-refractivity contribution in [2.45, 2.75) is 12.3 Å². The summed E-state index contributed by atoms with van der Waals surface area (Å²) in [5, 5.41) is 7.01. The molecule has 1 aromatic rings. The van der Waals surface area contributed by atoms with Gasteiger partial charge in [-0.3, -0.25) is 0 Å². The lowest BCUT2D eigenvalue weighted by Gasteiger charge is -1.97. The summed E-state index contributed by atoms with van der Waals surface area (Å²) in [6.45, 7) is 2.05. The molecule has 1 aliphatic rings. The van der Waals surface area contributed by atoms with Crippen LogP contribution in [0.3, 0.4) is 0 Å². The van der Waals surface area contributed by atoms with Crippen molar-refractivity contribution in [3.05, 3.63) is 12.2 Å². The van der Waals surface area contributed by atoms with Gasteiger partial charge in [0.05, 0.1) is 0 Å². The summed E-state index contributed by atoms with van der Waals surface area (Å²) >= 11 is 0. The van der Waals surface area contributed by atoms with Crippen LogP contribution in [0.2, 0.25) is 0 Å². The molecule has 0 aromatic carbocycles. The van der Waals surface area contributed by atoms with E-state index < -0.39 is 0 Å². The highest BCUT2D eigenvalue weighted by atomic mass is 16.5. The van der Waals surface area contributed by atoms with Crippen LogP contribution in [0.15, 0.2) is 10.9 Å². The van der Waals surface area contributed by atoms with Crippen LogP contribution < -0.4 is 5.32 Å². The van der Waals surface area contributed by atoms with Crippen LogP contribution in [0.4, 0.5) is 0 Å². The minimum Gasteiger partial charge on any atom is -0.343 e. The van der Waals surface area contributed by atoms with Gasteiger partial charge < -0.3 is 9.84 Å². The summed E-state index contributed by atoms with van der Waals surface area (Å²) in [6, 6.07) is 0. The lowest BCUT2D eigenvalue weighted by Crippen LogP contribution is -2.08. The maximum Gasteiger partial charge on any atom is 0.213 e. The summed E-state index contributed by atoms with van der Waals surface area (Å²) < 4.78 is 4.64. The van der Waals surface area contributed by atoms with Crippen molar-refractivity contribution in [2.75, 3.05) is 13.1 Å². The third kappa shape index (κ3) is 0.903. The van der Waals surface area contributed by atoms with Gasteiger partial charge in [0.25, 0.3) is 0 Å². The number of nitrogens with zero attached hydrogens (tertiary/aromatic N) is 2. The van der Waals surface area contributed by atoms with Crippen molar-refractivity contribution in [3.8, 4) is 0 Å². The third-order valence-electron chi connectivity index (χ3n) is 1.80. The second kappa shape index (κ2) is 2.38. The van der Waals surface area contributed by atoms with E-state index in [0.717, 1.165) is 25.3 Å². The molecule has 0 bridgehead atoms. The zero-order chi connectivity index (χ0) is 6.81. The molecule has 0 aliphatic carbocycles. The minimum absolute atomic E-state index is 0.471. The molecule has 1 aliphatic heterocycles. The SMILES string of the molecule is c1nc([C@H]2CCNC2)no1. The van der Waals surface area contributed by atoms with Gasteiger partial charge in [0.15, 0.2) is 5.82 Å². The first-order valence-electron chi connectivity index (χ1n) is 3.44. The molecule has 1 atom stereocenters. The van der Waals surface area contributed by atoms with Gasteiger partial charge in [0.1, 0.15) is 0 Å². The van der Waals surface area contributed by atoms with Gasteiger partial charge in [-0.15, -0.1) is 0 Å². The van der Waals surface area contributed by atoms with E-state index in [2.05, 4.69) is 20.0 Å². The molecule has 0 spiro atoms. The van der Waals surface area contributed by atoms with Crippen LogP contribution in [0.5, 0.6) is 0 Å². The van der Waals surface area contributed by atoms with Crippen LogP contribution in [0.1, 0.15) is 18.2 Å². The Hall–Kier alpha value is -0.900. The van der Waals surface area contributed by atoms with E-state index in [1.807, 2.05) is 0 Å². The monoisotopic (exact) mass is 139 g/mol. The van der Waals surface area contributed by atoms with Crippen LogP contribution in [0.25, 0.3) is 0 Å². The van der Waals surface area contributed by atoms with Crippen molar-refractivity contribution < 1.29 is 4.52 Å². The number of rotatable bonds is 1. The first-order chi connectivity index (χ1) is 4.97. The molecule has 1 fully saturated rings. The van der Waals surface area contributed by atoms with E-state index in [0.29, 0.717) is 5.92 Å². The second-order valence-electron chi connectivity index (χ2n) is 2.48. The van der Waals surface area contributed by atoms with E-state index in [9.17, 15) is 0 Å². The van der Waals surface area contributed by atoms with Gasteiger partial charge >= 0.3 is 0 Å². The molecule has 0 unspecified atom stereocenters. The Morgan fingerprint density at radius 1 is 1.70 bits per heavy atom. The van der Waals surface area contributed by atoms with E-state index in [1.54, 1.807) is 0 Å². The quantitative estimate of drug-likeness (QED) is 0.601. The molecule has 1 aromatic heterocycles. The Morgan fingerprint density at radius 3 is 3.30 bits per heavy atom. The van der Waals surface area contributed by atoms with E-state index in [1.165, 1.54) is 6.39 Å². The minimum atomic E-state index is 0.471. The van der Waals surface area contributed by atoms with Gasteiger partial charge in [-0.25, -0.2) is 0 Å². The van der Waals surface area contributed by atoms with Crippen molar-refractivity contribution in [1.82, 2.24) is 15.5 Å². The smallest absolute Gasteiger partial charge is 0.213 e. The molecule has 10 heavy (non-hydrogen) atoms. The Kier molecular flexibility index (Phi) is 1.39. The highest BCUT2D eigenvalue weighted by molar-refractivity contribution is 4.96. The van der Waals surface area contributed by atoms with Gasteiger partial charge in [-0.2, -0.15) is 4.98 Å². The van der Waals surface area contributed by atoms with Gasteiger partial charge in [-0.05, 0) is 13.0 Å². The molecule has 1 N–H and O–H groups in total. The highest BCUT2D eigenvalue weighted by Crippen LogP contribution is 2.17. The Morgan fingerprint density at radius 2 is 2.70 bits per heavy atom. The van der Waals surface area contributed by atoms with Gasteiger partial charge in [-0.1, -0.05) is 5.16 Å². The standard InChI is InChI=1S/C6H9N3O/c1-2-7-3-5(1)6-8-4-10-9-6/h4-5,7H,1-3H2/t5-/m0/s1. The normalized spacial score (nSPS) is 25.4. The molecule has 0 amide bonds. The van der Waals surface area contributed by atoms with Crippen LogP contribution in [-0.2, 0) is 0 Å². The summed E-state index contributed by atoms with van der Waals surface area (Å²) in [4.78, 5) is 3.98. The predicted molar refractivity (Wildman–Crippen MR) is 34.5 cm³/mol. The largest absolute Gasteiger partial charge is 0.343 e. The average molecular weight is 139 g/mol. The fraction of sp³-hybridized carbons (Fsp3) is 0.667. The summed E-state index contributed by atoms with van der Waals surface area (Å²) in [6.07, 6.45) is 2.51. The molecular weight excluding hydrogens is 130 g/mol.